The average molecular weight is 328 g/mol. The first-order valence-corrected chi connectivity index (χ1v) is 8.15. The van der Waals surface area contributed by atoms with Crippen molar-refractivity contribution < 1.29 is 14.3 Å². The van der Waals surface area contributed by atoms with Crippen LogP contribution in [0.1, 0.15) is 5.56 Å². The molecule has 1 fully saturated rings. The first kappa shape index (κ1) is 16.5. The molecule has 1 N–H and O–H groups in total. The molecule has 0 radical (unpaired) electrons. The number of benzene rings is 2. The van der Waals surface area contributed by atoms with Crippen LogP contribution in [-0.4, -0.2) is 48.2 Å². The molecule has 1 atom stereocenters. The predicted octanol–water partition coefficient (Wildman–Crippen LogP) is 2.64. The molecule has 0 saturated carbocycles. The molecule has 0 aliphatic carbocycles. The number of rotatable bonds is 5. The third-order valence-electron chi connectivity index (χ3n) is 4.50. The molecule has 0 spiro atoms. The van der Waals surface area contributed by atoms with Crippen LogP contribution >= 0.6 is 0 Å². The number of aliphatic carboxylic acids is 1. The summed E-state index contributed by atoms with van der Waals surface area (Å²) in [5.41, 5.74) is 2.01. The Bertz CT molecular complexity index is 668. The molecule has 126 valence electrons. The zero-order valence-corrected chi connectivity index (χ0v) is 13.4. The monoisotopic (exact) mass is 328 g/mol. The molecule has 0 aromatic heterocycles. The molecule has 3 rings (SSSR count). The Morgan fingerprint density at radius 2 is 1.62 bits per heavy atom. The van der Waals surface area contributed by atoms with Crippen molar-refractivity contribution in [2.45, 2.75) is 12.5 Å². The largest absolute Gasteiger partial charge is 0.480 e. The number of para-hydroxylation sites is 1. The lowest BCUT2D eigenvalue weighted by molar-refractivity contribution is -0.143. The molecule has 1 aliphatic heterocycles. The number of hydrogen-bond acceptors (Lipinski definition) is 3. The number of carbonyl (C=O) groups is 1. The van der Waals surface area contributed by atoms with Gasteiger partial charge in [0.2, 0.25) is 0 Å². The van der Waals surface area contributed by atoms with Crippen LogP contribution in [0.4, 0.5) is 10.1 Å². The van der Waals surface area contributed by atoms with E-state index in [9.17, 15) is 14.3 Å². The smallest absolute Gasteiger partial charge is 0.321 e. The maximum absolute atomic E-state index is 13.0. The molecular weight excluding hydrogens is 307 g/mol. The van der Waals surface area contributed by atoms with Crippen molar-refractivity contribution in [1.29, 1.82) is 0 Å². The SMILES string of the molecule is O=C(O)[C@H](Cc1ccc(F)cc1)N1CCN(c2ccccc2)CC1. The Kier molecular flexibility index (Phi) is 5.11. The molecule has 2 aromatic rings. The molecule has 1 saturated heterocycles. The van der Waals surface area contributed by atoms with E-state index in [-0.39, 0.29) is 5.82 Å². The van der Waals surface area contributed by atoms with E-state index in [0.29, 0.717) is 19.5 Å². The van der Waals surface area contributed by atoms with Gasteiger partial charge < -0.3 is 10.0 Å². The van der Waals surface area contributed by atoms with Gasteiger partial charge in [-0.25, -0.2) is 4.39 Å². The Hall–Kier alpha value is -2.40. The van der Waals surface area contributed by atoms with Crippen molar-refractivity contribution in [1.82, 2.24) is 4.90 Å². The highest BCUT2D eigenvalue weighted by atomic mass is 19.1. The minimum absolute atomic E-state index is 0.304. The highest BCUT2D eigenvalue weighted by Gasteiger charge is 2.29. The second-order valence-electron chi connectivity index (χ2n) is 6.04. The third kappa shape index (κ3) is 3.92. The lowest BCUT2D eigenvalue weighted by atomic mass is 10.0. The highest BCUT2D eigenvalue weighted by molar-refractivity contribution is 5.74. The summed E-state index contributed by atoms with van der Waals surface area (Å²) >= 11 is 0. The number of carboxylic acids is 1. The van der Waals surface area contributed by atoms with E-state index in [1.165, 1.54) is 17.8 Å². The zero-order valence-electron chi connectivity index (χ0n) is 13.4. The van der Waals surface area contributed by atoms with Gasteiger partial charge in [0, 0.05) is 31.9 Å². The van der Waals surface area contributed by atoms with Gasteiger partial charge in [-0.2, -0.15) is 0 Å². The van der Waals surface area contributed by atoms with E-state index in [4.69, 9.17) is 0 Å². The summed E-state index contributed by atoms with van der Waals surface area (Å²) in [5.74, 6) is -1.13. The highest BCUT2D eigenvalue weighted by Crippen LogP contribution is 2.18. The van der Waals surface area contributed by atoms with Crippen LogP contribution in [0.3, 0.4) is 0 Å². The van der Waals surface area contributed by atoms with Crippen LogP contribution in [0.25, 0.3) is 0 Å². The first-order valence-electron chi connectivity index (χ1n) is 8.15. The zero-order chi connectivity index (χ0) is 16.9. The standard InChI is InChI=1S/C19H21FN2O2/c20-16-8-6-15(7-9-16)14-18(19(23)24)22-12-10-21(11-13-22)17-4-2-1-3-5-17/h1-9,18H,10-14H2,(H,23,24)/t18-/m0/s1. The third-order valence-corrected chi connectivity index (χ3v) is 4.50. The summed E-state index contributed by atoms with van der Waals surface area (Å²) in [6.45, 7) is 3.01. The Morgan fingerprint density at radius 1 is 1.00 bits per heavy atom. The van der Waals surface area contributed by atoms with Gasteiger partial charge in [0.25, 0.3) is 0 Å². The maximum atomic E-state index is 13.0. The number of hydrogen-bond donors (Lipinski definition) is 1. The summed E-state index contributed by atoms with van der Waals surface area (Å²) in [4.78, 5) is 16.0. The fourth-order valence-electron chi connectivity index (χ4n) is 3.15. The van der Waals surface area contributed by atoms with Gasteiger partial charge in [0.05, 0.1) is 0 Å². The van der Waals surface area contributed by atoms with Gasteiger partial charge in [0.1, 0.15) is 11.9 Å². The van der Waals surface area contributed by atoms with Crippen molar-refractivity contribution in [2.24, 2.45) is 0 Å². The number of halogens is 1. The number of nitrogens with zero attached hydrogens (tertiary/aromatic N) is 2. The molecule has 2 aromatic carbocycles. The van der Waals surface area contributed by atoms with Gasteiger partial charge in [-0.05, 0) is 36.2 Å². The molecule has 0 bridgehead atoms. The molecule has 1 aliphatic rings. The summed E-state index contributed by atoms with van der Waals surface area (Å²) in [5, 5.41) is 9.59. The van der Waals surface area contributed by atoms with Crippen molar-refractivity contribution in [3.8, 4) is 0 Å². The number of piperazine rings is 1. The lowest BCUT2D eigenvalue weighted by Gasteiger charge is -2.38. The van der Waals surface area contributed by atoms with Gasteiger partial charge in [-0.1, -0.05) is 30.3 Å². The minimum atomic E-state index is -0.826. The van der Waals surface area contributed by atoms with Crippen LogP contribution in [0.15, 0.2) is 54.6 Å². The second kappa shape index (κ2) is 7.45. The summed E-state index contributed by atoms with van der Waals surface area (Å²) in [6, 6.07) is 15.6. The van der Waals surface area contributed by atoms with Crippen LogP contribution < -0.4 is 4.90 Å². The summed E-state index contributed by atoms with van der Waals surface area (Å²) < 4.78 is 13.0. The van der Waals surface area contributed by atoms with Crippen molar-refractivity contribution >= 4 is 11.7 Å². The molecule has 0 unspecified atom stereocenters. The van der Waals surface area contributed by atoms with E-state index >= 15 is 0 Å². The Morgan fingerprint density at radius 3 is 2.21 bits per heavy atom. The topological polar surface area (TPSA) is 43.8 Å². The number of anilines is 1. The van der Waals surface area contributed by atoms with E-state index < -0.39 is 12.0 Å². The second-order valence-corrected chi connectivity index (χ2v) is 6.04. The quantitative estimate of drug-likeness (QED) is 0.916. The van der Waals surface area contributed by atoms with E-state index in [2.05, 4.69) is 17.0 Å². The summed E-state index contributed by atoms with van der Waals surface area (Å²) in [7, 11) is 0. The van der Waals surface area contributed by atoms with Crippen LogP contribution in [-0.2, 0) is 11.2 Å². The van der Waals surface area contributed by atoms with E-state index in [0.717, 1.165) is 18.7 Å². The van der Waals surface area contributed by atoms with Crippen LogP contribution in [0, 0.1) is 5.82 Å². The fourth-order valence-corrected chi connectivity index (χ4v) is 3.15. The van der Waals surface area contributed by atoms with Crippen molar-refractivity contribution in [2.75, 3.05) is 31.1 Å². The average Bonchev–Trinajstić information content (AvgIpc) is 2.62. The molecule has 0 amide bonds. The van der Waals surface area contributed by atoms with E-state index in [1.54, 1.807) is 12.1 Å². The van der Waals surface area contributed by atoms with Gasteiger partial charge in [-0.3, -0.25) is 9.69 Å². The summed E-state index contributed by atoms with van der Waals surface area (Å²) in [6.07, 6.45) is 0.390. The number of carboxylic acid groups (broad SMARTS) is 1. The molecule has 5 heteroatoms. The van der Waals surface area contributed by atoms with Crippen molar-refractivity contribution in [3.63, 3.8) is 0 Å². The molecule has 24 heavy (non-hydrogen) atoms. The Balaban J connectivity index is 1.63. The molecule has 1 heterocycles. The Labute approximate surface area is 141 Å². The van der Waals surface area contributed by atoms with Crippen molar-refractivity contribution in [3.05, 3.63) is 66.0 Å². The fraction of sp³-hybridized carbons (Fsp3) is 0.316. The molecular formula is C19H21FN2O2. The first-order chi connectivity index (χ1) is 11.6. The maximum Gasteiger partial charge on any atom is 0.321 e. The van der Waals surface area contributed by atoms with Crippen LogP contribution in [0.2, 0.25) is 0 Å². The predicted molar refractivity (Wildman–Crippen MR) is 91.8 cm³/mol. The lowest BCUT2D eigenvalue weighted by Crippen LogP contribution is -2.53. The minimum Gasteiger partial charge on any atom is -0.480 e. The van der Waals surface area contributed by atoms with Gasteiger partial charge >= 0.3 is 5.97 Å². The normalized spacial score (nSPS) is 16.8. The van der Waals surface area contributed by atoms with Gasteiger partial charge in [0.15, 0.2) is 0 Å². The van der Waals surface area contributed by atoms with Gasteiger partial charge in [-0.15, -0.1) is 0 Å². The molecule has 4 nitrogen and oxygen atoms in total. The van der Waals surface area contributed by atoms with Crippen LogP contribution in [0.5, 0.6) is 0 Å². The van der Waals surface area contributed by atoms with E-state index in [1.807, 2.05) is 23.1 Å².